The van der Waals surface area contributed by atoms with E-state index in [1.165, 1.54) is 11.1 Å². The van der Waals surface area contributed by atoms with Crippen molar-refractivity contribution < 1.29 is 9.47 Å². The predicted molar refractivity (Wildman–Crippen MR) is 71.0 cm³/mol. The van der Waals surface area contributed by atoms with Crippen LogP contribution in [0.15, 0.2) is 18.2 Å². The summed E-state index contributed by atoms with van der Waals surface area (Å²) in [7, 11) is 0. The summed E-state index contributed by atoms with van der Waals surface area (Å²) < 4.78 is 12.0. The molecule has 0 bridgehead atoms. The zero-order valence-corrected chi connectivity index (χ0v) is 11.3. The lowest BCUT2D eigenvalue weighted by Gasteiger charge is -2.37. The highest BCUT2D eigenvalue weighted by Crippen LogP contribution is 2.43. The molecular formula is C15H21NO2. The Kier molecular flexibility index (Phi) is 2.83. The van der Waals surface area contributed by atoms with Crippen molar-refractivity contribution in [3.05, 3.63) is 29.3 Å². The standard InChI is InChI=1S/C15H21NO2/c1-10(2)18-14-6-4-5-11-12(14)8-17-15(3)9-16-7-13(11)15/h4-6,10,13,16H,7-9H2,1-3H3/t13-,15+/m1/s1. The number of fused-ring (bicyclic) bond motifs is 3. The zero-order valence-electron chi connectivity index (χ0n) is 11.3. The second-order valence-electron chi connectivity index (χ2n) is 5.78. The van der Waals surface area contributed by atoms with Crippen molar-refractivity contribution in [1.82, 2.24) is 5.32 Å². The Labute approximate surface area is 108 Å². The van der Waals surface area contributed by atoms with Gasteiger partial charge in [-0.3, -0.25) is 0 Å². The molecule has 3 nitrogen and oxygen atoms in total. The van der Waals surface area contributed by atoms with Gasteiger partial charge in [-0.05, 0) is 32.4 Å². The molecule has 2 aliphatic heterocycles. The van der Waals surface area contributed by atoms with Crippen LogP contribution in [0.3, 0.4) is 0 Å². The van der Waals surface area contributed by atoms with Gasteiger partial charge in [0, 0.05) is 24.6 Å². The van der Waals surface area contributed by atoms with Gasteiger partial charge in [-0.2, -0.15) is 0 Å². The number of ether oxygens (including phenoxy) is 2. The first-order chi connectivity index (χ1) is 8.60. The lowest BCUT2D eigenvalue weighted by atomic mass is 9.81. The van der Waals surface area contributed by atoms with E-state index in [1.54, 1.807) is 0 Å². The number of benzene rings is 1. The Balaban J connectivity index is 2.01. The van der Waals surface area contributed by atoms with E-state index in [4.69, 9.17) is 9.47 Å². The van der Waals surface area contributed by atoms with Gasteiger partial charge in [0.1, 0.15) is 5.75 Å². The summed E-state index contributed by atoms with van der Waals surface area (Å²) in [6.07, 6.45) is 0.200. The van der Waals surface area contributed by atoms with Gasteiger partial charge in [0.05, 0.1) is 18.3 Å². The Bertz CT molecular complexity index is 458. The van der Waals surface area contributed by atoms with Crippen LogP contribution in [0.2, 0.25) is 0 Å². The highest BCUT2D eigenvalue weighted by Gasteiger charge is 2.45. The van der Waals surface area contributed by atoms with E-state index in [0.29, 0.717) is 12.5 Å². The van der Waals surface area contributed by atoms with E-state index >= 15 is 0 Å². The van der Waals surface area contributed by atoms with Gasteiger partial charge >= 0.3 is 0 Å². The van der Waals surface area contributed by atoms with Crippen molar-refractivity contribution in [3.8, 4) is 5.75 Å². The average molecular weight is 247 g/mol. The van der Waals surface area contributed by atoms with Crippen LogP contribution >= 0.6 is 0 Å². The lowest BCUT2D eigenvalue weighted by molar-refractivity contribution is -0.0529. The molecule has 0 unspecified atom stereocenters. The Morgan fingerprint density at radius 3 is 3.06 bits per heavy atom. The van der Waals surface area contributed by atoms with Gasteiger partial charge in [-0.1, -0.05) is 12.1 Å². The smallest absolute Gasteiger partial charge is 0.125 e. The maximum atomic E-state index is 6.10. The number of hydrogen-bond donors (Lipinski definition) is 1. The zero-order chi connectivity index (χ0) is 12.8. The highest BCUT2D eigenvalue weighted by molar-refractivity contribution is 5.45. The van der Waals surface area contributed by atoms with Crippen LogP contribution in [0.5, 0.6) is 5.75 Å². The monoisotopic (exact) mass is 247 g/mol. The molecule has 2 atom stereocenters. The highest BCUT2D eigenvalue weighted by atomic mass is 16.5. The SMILES string of the molecule is CC(C)Oc1cccc2c1CO[C@@]1(C)CNC[C@H]21. The molecule has 2 heterocycles. The fourth-order valence-electron chi connectivity index (χ4n) is 3.06. The molecule has 18 heavy (non-hydrogen) atoms. The fraction of sp³-hybridized carbons (Fsp3) is 0.600. The Hall–Kier alpha value is -1.06. The predicted octanol–water partition coefficient (Wildman–Crippen LogP) is 2.45. The minimum absolute atomic E-state index is 0.0521. The molecule has 0 spiro atoms. The van der Waals surface area contributed by atoms with Crippen molar-refractivity contribution in [2.24, 2.45) is 0 Å². The van der Waals surface area contributed by atoms with E-state index in [1.807, 2.05) is 6.07 Å². The van der Waals surface area contributed by atoms with E-state index in [0.717, 1.165) is 18.8 Å². The second-order valence-corrected chi connectivity index (χ2v) is 5.78. The van der Waals surface area contributed by atoms with Crippen molar-refractivity contribution >= 4 is 0 Å². The summed E-state index contributed by atoms with van der Waals surface area (Å²) in [6.45, 7) is 8.92. The lowest BCUT2D eigenvalue weighted by Crippen LogP contribution is -2.39. The normalized spacial score (nSPS) is 30.1. The molecule has 0 saturated carbocycles. The summed E-state index contributed by atoms with van der Waals surface area (Å²) >= 11 is 0. The van der Waals surface area contributed by atoms with Gasteiger partial charge < -0.3 is 14.8 Å². The van der Waals surface area contributed by atoms with Crippen LogP contribution < -0.4 is 10.1 Å². The molecule has 1 N–H and O–H groups in total. The van der Waals surface area contributed by atoms with Crippen LogP contribution in [0.25, 0.3) is 0 Å². The third-order valence-electron chi connectivity index (χ3n) is 4.02. The van der Waals surface area contributed by atoms with Crippen molar-refractivity contribution in [2.45, 2.75) is 45.0 Å². The van der Waals surface area contributed by atoms with Gasteiger partial charge in [-0.25, -0.2) is 0 Å². The van der Waals surface area contributed by atoms with E-state index in [9.17, 15) is 0 Å². The summed E-state index contributed by atoms with van der Waals surface area (Å²) in [6, 6.07) is 6.37. The quantitative estimate of drug-likeness (QED) is 0.870. The van der Waals surface area contributed by atoms with E-state index in [-0.39, 0.29) is 11.7 Å². The summed E-state index contributed by atoms with van der Waals surface area (Å²) in [5, 5.41) is 3.44. The second kappa shape index (κ2) is 4.25. The minimum Gasteiger partial charge on any atom is -0.491 e. The summed E-state index contributed by atoms with van der Waals surface area (Å²) in [5.41, 5.74) is 2.58. The first kappa shape index (κ1) is 12.0. The summed E-state index contributed by atoms with van der Waals surface area (Å²) in [5.74, 6) is 1.42. The molecule has 0 aromatic heterocycles. The van der Waals surface area contributed by atoms with E-state index < -0.39 is 0 Å². The molecule has 3 heteroatoms. The molecule has 3 rings (SSSR count). The molecule has 0 amide bonds. The van der Waals surface area contributed by atoms with Crippen LogP contribution in [0.4, 0.5) is 0 Å². The van der Waals surface area contributed by atoms with Crippen molar-refractivity contribution in [2.75, 3.05) is 13.1 Å². The fourth-order valence-corrected chi connectivity index (χ4v) is 3.06. The van der Waals surface area contributed by atoms with Gasteiger partial charge in [0.25, 0.3) is 0 Å². The topological polar surface area (TPSA) is 30.5 Å². The van der Waals surface area contributed by atoms with Crippen molar-refractivity contribution in [1.29, 1.82) is 0 Å². The van der Waals surface area contributed by atoms with Gasteiger partial charge in [0.2, 0.25) is 0 Å². The van der Waals surface area contributed by atoms with Crippen LogP contribution in [-0.2, 0) is 11.3 Å². The van der Waals surface area contributed by atoms with Crippen molar-refractivity contribution in [3.63, 3.8) is 0 Å². The van der Waals surface area contributed by atoms with Crippen LogP contribution in [0, 0.1) is 0 Å². The Morgan fingerprint density at radius 1 is 1.44 bits per heavy atom. The van der Waals surface area contributed by atoms with E-state index in [2.05, 4.69) is 38.2 Å². The molecule has 98 valence electrons. The molecule has 1 aromatic carbocycles. The maximum absolute atomic E-state index is 6.10. The summed E-state index contributed by atoms with van der Waals surface area (Å²) in [4.78, 5) is 0. The number of nitrogens with one attached hydrogen (secondary N) is 1. The minimum atomic E-state index is -0.0521. The first-order valence-electron chi connectivity index (χ1n) is 6.73. The van der Waals surface area contributed by atoms with Crippen LogP contribution in [-0.4, -0.2) is 24.8 Å². The molecule has 1 saturated heterocycles. The largest absolute Gasteiger partial charge is 0.491 e. The Morgan fingerprint density at radius 2 is 2.28 bits per heavy atom. The molecule has 0 aliphatic carbocycles. The van der Waals surface area contributed by atoms with Gasteiger partial charge in [0.15, 0.2) is 0 Å². The first-order valence-corrected chi connectivity index (χ1v) is 6.73. The number of rotatable bonds is 2. The number of hydrogen-bond acceptors (Lipinski definition) is 3. The molecule has 1 fully saturated rings. The third-order valence-corrected chi connectivity index (χ3v) is 4.02. The molecule has 0 radical (unpaired) electrons. The van der Waals surface area contributed by atoms with Crippen LogP contribution in [0.1, 0.15) is 37.8 Å². The molecular weight excluding hydrogens is 226 g/mol. The molecule has 2 aliphatic rings. The molecule has 1 aromatic rings. The average Bonchev–Trinajstić information content (AvgIpc) is 2.70. The maximum Gasteiger partial charge on any atom is 0.125 e. The van der Waals surface area contributed by atoms with Gasteiger partial charge in [-0.15, -0.1) is 0 Å². The third kappa shape index (κ3) is 1.82.